The molecule has 1 rings (SSSR count). The van der Waals surface area contributed by atoms with Gasteiger partial charge in [-0.25, -0.2) is 9.69 Å². The molecule has 0 aliphatic heterocycles. The van der Waals surface area contributed by atoms with Crippen molar-refractivity contribution in [2.24, 2.45) is 0 Å². The van der Waals surface area contributed by atoms with Crippen molar-refractivity contribution in [1.82, 2.24) is 10.2 Å². The van der Waals surface area contributed by atoms with Crippen LogP contribution in [0, 0.1) is 0 Å². The molecule has 2 amide bonds. The fourth-order valence-electron chi connectivity index (χ4n) is 1.32. The highest BCUT2D eigenvalue weighted by Crippen LogP contribution is 2.03. The summed E-state index contributed by atoms with van der Waals surface area (Å²) >= 11 is 0. The maximum Gasteiger partial charge on any atom is 0.416 e. The van der Waals surface area contributed by atoms with Gasteiger partial charge >= 0.3 is 6.09 Å². The number of nitrogens with zero attached hydrogens (tertiary/aromatic N) is 1. The molecule has 5 heteroatoms. The van der Waals surface area contributed by atoms with E-state index in [9.17, 15) is 9.59 Å². The maximum atomic E-state index is 11.7. The fraction of sp³-hybridized carbons (Fsp3) is 0.385. The molecule has 0 spiro atoms. The van der Waals surface area contributed by atoms with E-state index in [0.717, 1.165) is 10.5 Å². The fourth-order valence-corrected chi connectivity index (χ4v) is 1.32. The molecule has 0 saturated carbocycles. The van der Waals surface area contributed by atoms with E-state index in [2.05, 4.69) is 5.32 Å². The van der Waals surface area contributed by atoms with Crippen LogP contribution in [0.1, 0.15) is 12.5 Å². The molecule has 0 aliphatic carbocycles. The second-order valence-corrected chi connectivity index (χ2v) is 3.95. The van der Waals surface area contributed by atoms with Crippen LogP contribution in [0.5, 0.6) is 0 Å². The molecule has 5 nitrogen and oxygen atoms in total. The first kappa shape index (κ1) is 14.2. The van der Waals surface area contributed by atoms with E-state index >= 15 is 0 Å². The molecule has 0 heterocycles. The lowest BCUT2D eigenvalue weighted by atomic mass is 10.2. The topological polar surface area (TPSA) is 58.6 Å². The van der Waals surface area contributed by atoms with Gasteiger partial charge in [-0.15, -0.1) is 0 Å². The van der Waals surface area contributed by atoms with Crippen LogP contribution in [-0.2, 0) is 16.1 Å². The summed E-state index contributed by atoms with van der Waals surface area (Å²) in [6, 6.07) is 8.90. The summed E-state index contributed by atoms with van der Waals surface area (Å²) in [4.78, 5) is 24.3. The SMILES string of the molecule is CNC(C)C(=O)N(C)C(=O)OCc1ccccc1. The second-order valence-electron chi connectivity index (χ2n) is 3.95. The summed E-state index contributed by atoms with van der Waals surface area (Å²) in [6.07, 6.45) is -0.647. The molecule has 0 saturated heterocycles. The highest BCUT2D eigenvalue weighted by Gasteiger charge is 2.22. The number of imide groups is 1. The summed E-state index contributed by atoms with van der Waals surface area (Å²) in [7, 11) is 3.06. The van der Waals surface area contributed by atoms with Crippen molar-refractivity contribution in [1.29, 1.82) is 0 Å². The Balaban J connectivity index is 2.48. The van der Waals surface area contributed by atoms with E-state index in [4.69, 9.17) is 4.74 Å². The Bertz CT molecular complexity index is 406. The highest BCUT2D eigenvalue weighted by molar-refractivity contribution is 5.94. The largest absolute Gasteiger partial charge is 0.444 e. The van der Waals surface area contributed by atoms with E-state index in [0.29, 0.717) is 0 Å². The minimum Gasteiger partial charge on any atom is -0.444 e. The van der Waals surface area contributed by atoms with Gasteiger partial charge in [0.05, 0.1) is 6.04 Å². The quantitative estimate of drug-likeness (QED) is 0.877. The van der Waals surface area contributed by atoms with Gasteiger partial charge in [0.15, 0.2) is 0 Å². The van der Waals surface area contributed by atoms with Crippen molar-refractivity contribution in [3.63, 3.8) is 0 Å². The van der Waals surface area contributed by atoms with Crippen LogP contribution >= 0.6 is 0 Å². The van der Waals surface area contributed by atoms with Gasteiger partial charge in [0.2, 0.25) is 5.91 Å². The van der Waals surface area contributed by atoms with Crippen LogP contribution in [0.2, 0.25) is 0 Å². The van der Waals surface area contributed by atoms with Gasteiger partial charge in [0.1, 0.15) is 6.61 Å². The Morgan fingerprint density at radius 2 is 1.94 bits per heavy atom. The average molecular weight is 250 g/mol. The Morgan fingerprint density at radius 1 is 1.33 bits per heavy atom. The molecule has 1 aromatic carbocycles. The molecule has 98 valence electrons. The van der Waals surface area contributed by atoms with Crippen molar-refractivity contribution < 1.29 is 14.3 Å². The van der Waals surface area contributed by atoms with Gasteiger partial charge in [-0.2, -0.15) is 0 Å². The molecular formula is C13H18N2O3. The van der Waals surface area contributed by atoms with Crippen LogP contribution in [-0.4, -0.2) is 37.0 Å². The van der Waals surface area contributed by atoms with E-state index in [1.54, 1.807) is 14.0 Å². The Morgan fingerprint density at radius 3 is 2.50 bits per heavy atom. The Hall–Kier alpha value is -1.88. The van der Waals surface area contributed by atoms with Gasteiger partial charge in [-0.3, -0.25) is 4.79 Å². The summed E-state index contributed by atoms with van der Waals surface area (Å²) in [5, 5.41) is 2.78. The third-order valence-corrected chi connectivity index (χ3v) is 2.61. The predicted molar refractivity (Wildman–Crippen MR) is 67.9 cm³/mol. The van der Waals surface area contributed by atoms with E-state index in [1.165, 1.54) is 7.05 Å². The summed E-state index contributed by atoms with van der Waals surface area (Å²) in [6.45, 7) is 1.84. The smallest absolute Gasteiger partial charge is 0.416 e. The van der Waals surface area contributed by atoms with Crippen LogP contribution < -0.4 is 5.32 Å². The number of nitrogens with one attached hydrogen (secondary N) is 1. The third-order valence-electron chi connectivity index (χ3n) is 2.61. The number of carbonyl (C=O) groups excluding carboxylic acids is 2. The van der Waals surface area contributed by atoms with E-state index in [-0.39, 0.29) is 12.5 Å². The lowest BCUT2D eigenvalue weighted by molar-refractivity contribution is -0.130. The number of rotatable bonds is 4. The van der Waals surface area contributed by atoms with Gasteiger partial charge in [0, 0.05) is 7.05 Å². The molecular weight excluding hydrogens is 232 g/mol. The first-order valence-corrected chi connectivity index (χ1v) is 5.71. The first-order valence-electron chi connectivity index (χ1n) is 5.71. The van der Waals surface area contributed by atoms with Crippen LogP contribution in [0.15, 0.2) is 30.3 Å². The van der Waals surface area contributed by atoms with Crippen molar-refractivity contribution in [2.75, 3.05) is 14.1 Å². The van der Waals surface area contributed by atoms with Gasteiger partial charge in [-0.1, -0.05) is 30.3 Å². The monoisotopic (exact) mass is 250 g/mol. The average Bonchev–Trinajstić information content (AvgIpc) is 2.43. The van der Waals surface area contributed by atoms with Gasteiger partial charge < -0.3 is 10.1 Å². The number of likely N-dealkylation sites (N-methyl/N-ethyl adjacent to an activating group) is 2. The molecule has 0 bridgehead atoms. The predicted octanol–water partition coefficient (Wildman–Crippen LogP) is 1.39. The second kappa shape index (κ2) is 6.76. The summed E-state index contributed by atoms with van der Waals surface area (Å²) in [5.41, 5.74) is 0.883. The Labute approximate surface area is 107 Å². The number of amides is 2. The number of hydrogen-bond donors (Lipinski definition) is 1. The minimum atomic E-state index is -0.647. The third kappa shape index (κ3) is 3.85. The number of benzene rings is 1. The molecule has 1 N–H and O–H groups in total. The number of ether oxygens (including phenoxy) is 1. The van der Waals surface area contributed by atoms with Crippen LogP contribution in [0.25, 0.3) is 0 Å². The van der Waals surface area contributed by atoms with Crippen LogP contribution in [0.4, 0.5) is 4.79 Å². The van der Waals surface area contributed by atoms with Gasteiger partial charge in [-0.05, 0) is 19.5 Å². The van der Waals surface area contributed by atoms with Crippen molar-refractivity contribution in [2.45, 2.75) is 19.6 Å². The highest BCUT2D eigenvalue weighted by atomic mass is 16.6. The molecule has 1 atom stereocenters. The zero-order chi connectivity index (χ0) is 13.5. The maximum absolute atomic E-state index is 11.7. The molecule has 18 heavy (non-hydrogen) atoms. The Kier molecular flexibility index (Phi) is 5.32. The van der Waals surface area contributed by atoms with Crippen molar-refractivity contribution in [3.05, 3.63) is 35.9 Å². The lowest BCUT2D eigenvalue weighted by Gasteiger charge is -2.18. The molecule has 0 aromatic heterocycles. The van der Waals surface area contributed by atoms with Crippen molar-refractivity contribution in [3.8, 4) is 0 Å². The minimum absolute atomic E-state index is 0.158. The molecule has 1 aromatic rings. The zero-order valence-corrected chi connectivity index (χ0v) is 10.8. The van der Waals surface area contributed by atoms with Gasteiger partial charge in [0.25, 0.3) is 0 Å². The summed E-state index contributed by atoms with van der Waals surface area (Å²) in [5.74, 6) is -0.324. The molecule has 0 radical (unpaired) electrons. The van der Waals surface area contributed by atoms with E-state index in [1.807, 2.05) is 30.3 Å². The molecule has 0 aliphatic rings. The zero-order valence-electron chi connectivity index (χ0n) is 10.8. The number of hydrogen-bond acceptors (Lipinski definition) is 4. The van der Waals surface area contributed by atoms with Crippen molar-refractivity contribution >= 4 is 12.0 Å². The standard InChI is InChI=1S/C13H18N2O3/c1-10(14-2)12(16)15(3)13(17)18-9-11-7-5-4-6-8-11/h4-8,10,14H,9H2,1-3H3. The van der Waals surface area contributed by atoms with Crippen LogP contribution in [0.3, 0.4) is 0 Å². The molecule has 0 fully saturated rings. The number of carbonyl (C=O) groups is 2. The first-order chi connectivity index (χ1) is 8.56. The lowest BCUT2D eigenvalue weighted by Crippen LogP contribution is -2.44. The normalized spacial score (nSPS) is 11.7. The summed E-state index contributed by atoms with van der Waals surface area (Å²) < 4.78 is 5.04. The molecule has 1 unspecified atom stereocenters. The van der Waals surface area contributed by atoms with E-state index < -0.39 is 12.1 Å².